The molecule has 0 aromatic heterocycles. The number of aromatic carboxylic acids is 1. The fourth-order valence-corrected chi connectivity index (χ4v) is 8.95. The van der Waals surface area contributed by atoms with Gasteiger partial charge in [0.1, 0.15) is 17.0 Å². The van der Waals surface area contributed by atoms with Gasteiger partial charge in [-0.25, -0.2) is 36.5 Å². The van der Waals surface area contributed by atoms with Gasteiger partial charge < -0.3 is 20.1 Å². The topological polar surface area (TPSA) is 162 Å². The second-order valence-electron chi connectivity index (χ2n) is 12.9. The number of allylic oxidation sites excluding steroid dienone is 2. The first-order chi connectivity index (χ1) is 24.9. The summed E-state index contributed by atoms with van der Waals surface area (Å²) in [6.07, 6.45) is 0.544. The zero-order valence-corrected chi connectivity index (χ0v) is 28.3. The number of rotatable bonds is 6. The van der Waals surface area contributed by atoms with E-state index in [1.54, 1.807) is 6.92 Å². The highest BCUT2D eigenvalue weighted by Crippen LogP contribution is 2.66. The molecule has 18 heteroatoms. The summed E-state index contributed by atoms with van der Waals surface area (Å²) < 4.78 is 79.0. The SMILES string of the molecule is CCOc1cc([C@H]2C3=CC[C@@H]4C(=O)N(c5ccc(C(=O)O)c(O)c5)C(=O)[C@@H]4[C@@H]3C[C@@]3(Cl)C(=O)N(c4c(F)c(F)c(F)c(F)c4F)C(=O)[C@@]23Cl)ccc1O. The molecule has 4 amide bonds. The Labute approximate surface area is 304 Å². The molecule has 2 aliphatic heterocycles. The number of imide groups is 2. The molecule has 6 atom stereocenters. The predicted octanol–water partition coefficient (Wildman–Crippen LogP) is 5.66. The number of carboxylic acid groups (broad SMARTS) is 1. The van der Waals surface area contributed by atoms with Crippen LogP contribution < -0.4 is 14.5 Å². The Kier molecular flexibility index (Phi) is 8.30. The van der Waals surface area contributed by atoms with Crippen LogP contribution in [0.5, 0.6) is 17.2 Å². The van der Waals surface area contributed by atoms with Crippen LogP contribution in [0.4, 0.5) is 33.3 Å². The number of anilines is 2. The highest BCUT2D eigenvalue weighted by atomic mass is 35.5. The van der Waals surface area contributed by atoms with Gasteiger partial charge in [-0.1, -0.05) is 17.7 Å². The number of carbonyl (C=O) groups is 5. The summed E-state index contributed by atoms with van der Waals surface area (Å²) in [4.78, 5) is 63.1. The van der Waals surface area contributed by atoms with Gasteiger partial charge in [0.2, 0.25) is 17.6 Å². The summed E-state index contributed by atoms with van der Waals surface area (Å²) in [7, 11) is 0. The van der Waals surface area contributed by atoms with E-state index in [4.69, 9.17) is 27.9 Å². The van der Waals surface area contributed by atoms with Crippen LogP contribution in [0.25, 0.3) is 0 Å². The number of benzene rings is 3. The number of ether oxygens (including phenoxy) is 1. The Morgan fingerprint density at radius 2 is 1.49 bits per heavy atom. The number of alkyl halides is 2. The van der Waals surface area contributed by atoms with Gasteiger partial charge in [0, 0.05) is 12.0 Å². The van der Waals surface area contributed by atoms with Crippen molar-refractivity contribution in [1.29, 1.82) is 0 Å². The fraction of sp³-hybridized carbons (Fsp3) is 0.286. The molecule has 4 aliphatic rings. The Bertz CT molecular complexity index is 2230. The fourth-order valence-electron chi connectivity index (χ4n) is 8.02. The zero-order valence-electron chi connectivity index (χ0n) is 26.8. The number of halogens is 7. The zero-order chi connectivity index (χ0) is 38.6. The number of carbonyl (C=O) groups excluding carboxylic acids is 4. The molecule has 3 N–H and O–H groups in total. The first-order valence-electron chi connectivity index (χ1n) is 15.8. The molecule has 1 saturated carbocycles. The van der Waals surface area contributed by atoms with Gasteiger partial charge >= 0.3 is 5.97 Å². The minimum absolute atomic E-state index is 0.0175. The average molecular weight is 781 g/mol. The van der Waals surface area contributed by atoms with Crippen LogP contribution in [0.3, 0.4) is 0 Å². The monoisotopic (exact) mass is 780 g/mol. The largest absolute Gasteiger partial charge is 0.507 e. The lowest BCUT2D eigenvalue weighted by atomic mass is 9.56. The molecule has 0 spiro atoms. The van der Waals surface area contributed by atoms with Crippen LogP contribution >= 0.6 is 23.2 Å². The van der Waals surface area contributed by atoms with E-state index in [0.29, 0.717) is 4.90 Å². The second-order valence-corrected chi connectivity index (χ2v) is 14.1. The Morgan fingerprint density at radius 3 is 2.09 bits per heavy atom. The van der Waals surface area contributed by atoms with Crippen LogP contribution in [0.15, 0.2) is 48.0 Å². The highest BCUT2D eigenvalue weighted by molar-refractivity contribution is 6.58. The molecule has 0 bridgehead atoms. The number of hydrogen-bond acceptors (Lipinski definition) is 8. The summed E-state index contributed by atoms with van der Waals surface area (Å²) in [5.74, 6) is -25.6. The molecule has 3 aromatic carbocycles. The molecular weight excluding hydrogens is 758 g/mol. The van der Waals surface area contributed by atoms with E-state index >= 15 is 8.78 Å². The van der Waals surface area contributed by atoms with Gasteiger partial charge in [0.15, 0.2) is 44.5 Å². The third-order valence-corrected chi connectivity index (χ3v) is 11.7. The van der Waals surface area contributed by atoms with E-state index in [-0.39, 0.29) is 46.3 Å². The molecule has 3 aromatic rings. The van der Waals surface area contributed by atoms with Crippen molar-refractivity contribution in [2.24, 2.45) is 17.8 Å². The Hall–Kier alpha value is -5.22. The van der Waals surface area contributed by atoms with Gasteiger partial charge in [-0.3, -0.25) is 19.2 Å². The quantitative estimate of drug-likeness (QED) is 0.0716. The average Bonchev–Trinajstić information content (AvgIpc) is 3.45. The van der Waals surface area contributed by atoms with Crippen LogP contribution in [-0.4, -0.2) is 61.3 Å². The second kappa shape index (κ2) is 12.2. The maximum Gasteiger partial charge on any atom is 0.339 e. The number of aromatic hydroxyl groups is 2. The minimum atomic E-state index is -2.79. The van der Waals surface area contributed by atoms with E-state index in [2.05, 4.69) is 0 Å². The lowest BCUT2D eigenvalue weighted by molar-refractivity contribution is -0.125. The van der Waals surface area contributed by atoms with Gasteiger partial charge in [0.05, 0.1) is 24.1 Å². The van der Waals surface area contributed by atoms with Gasteiger partial charge in [0.25, 0.3) is 11.8 Å². The van der Waals surface area contributed by atoms with Crippen molar-refractivity contribution in [2.75, 3.05) is 16.4 Å². The molecule has 276 valence electrons. The Morgan fingerprint density at radius 1 is 0.849 bits per heavy atom. The smallest absolute Gasteiger partial charge is 0.339 e. The lowest BCUT2D eigenvalue weighted by Crippen LogP contribution is -2.60. The number of phenolic OH excluding ortho intramolecular Hbond substituents is 1. The molecule has 2 saturated heterocycles. The number of fused-ring (bicyclic) bond motifs is 4. The Balaban J connectivity index is 1.42. The van der Waals surface area contributed by atoms with Gasteiger partial charge in [-0.2, -0.15) is 0 Å². The normalized spacial score (nSPS) is 27.8. The number of nitrogens with zero attached hydrogens (tertiary/aromatic N) is 2. The number of carboxylic acids is 1. The van der Waals surface area contributed by atoms with E-state index < -0.39 is 116 Å². The van der Waals surface area contributed by atoms with Gasteiger partial charge in [-0.05, 0) is 55.5 Å². The van der Waals surface area contributed by atoms with Crippen LogP contribution in [0, 0.1) is 46.8 Å². The van der Waals surface area contributed by atoms with E-state index in [1.165, 1.54) is 18.2 Å². The number of amides is 4. The van der Waals surface area contributed by atoms with Crippen LogP contribution in [0.2, 0.25) is 0 Å². The van der Waals surface area contributed by atoms with Crippen molar-refractivity contribution >= 4 is 64.2 Å². The van der Waals surface area contributed by atoms with Crippen LogP contribution in [-0.2, 0) is 19.2 Å². The first-order valence-corrected chi connectivity index (χ1v) is 16.6. The van der Waals surface area contributed by atoms with Crippen molar-refractivity contribution in [3.8, 4) is 17.2 Å². The molecule has 3 fully saturated rings. The standard InChI is InChI=1S/C35H23Cl2F5N2O9/c1-2-53-20-9-12(3-8-18(20)45)22-14-6-7-16-21(30(48)43(29(16)47)13-4-5-15(31(49)50)19(46)10-13)17(14)11-34(36)32(51)44(33(52)35(22,34)37)28-26(41)24(39)23(38)25(40)27(28)42/h3-6,8-10,16-17,21-22,45-46H,2,7,11H2,1H3,(H,49,50)/t16-,17+,21-,22-,34+,35-/m0/s1. The molecule has 2 heterocycles. The molecule has 0 unspecified atom stereocenters. The lowest BCUT2D eigenvalue weighted by Gasteiger charge is -2.50. The summed E-state index contributed by atoms with van der Waals surface area (Å²) in [6, 6.07) is 6.64. The predicted molar refractivity (Wildman–Crippen MR) is 173 cm³/mol. The summed E-state index contributed by atoms with van der Waals surface area (Å²) in [5.41, 5.74) is -2.47. The minimum Gasteiger partial charge on any atom is -0.507 e. The maximum absolute atomic E-state index is 15.3. The summed E-state index contributed by atoms with van der Waals surface area (Å²) in [6.45, 7) is 1.62. The van der Waals surface area contributed by atoms with Crippen molar-refractivity contribution in [1.82, 2.24) is 0 Å². The molecule has 0 radical (unpaired) electrons. The third-order valence-electron chi connectivity index (χ3n) is 10.3. The molecule has 2 aliphatic carbocycles. The maximum atomic E-state index is 15.3. The van der Waals surface area contributed by atoms with Crippen molar-refractivity contribution < 1.29 is 66.0 Å². The third kappa shape index (κ3) is 4.73. The van der Waals surface area contributed by atoms with Crippen molar-refractivity contribution in [3.63, 3.8) is 0 Å². The molecule has 7 rings (SSSR count). The first kappa shape index (κ1) is 36.2. The van der Waals surface area contributed by atoms with E-state index in [1.807, 2.05) is 0 Å². The number of phenols is 2. The highest BCUT2D eigenvalue weighted by Gasteiger charge is 2.77. The summed E-state index contributed by atoms with van der Waals surface area (Å²) in [5, 5.41) is 30.1. The van der Waals surface area contributed by atoms with Crippen molar-refractivity contribution in [3.05, 3.63) is 88.3 Å². The van der Waals surface area contributed by atoms with E-state index in [9.17, 15) is 52.5 Å². The van der Waals surface area contributed by atoms with Gasteiger partial charge in [-0.15, -0.1) is 23.2 Å². The van der Waals surface area contributed by atoms with E-state index in [0.717, 1.165) is 24.3 Å². The van der Waals surface area contributed by atoms with Crippen molar-refractivity contribution in [2.45, 2.75) is 35.4 Å². The van der Waals surface area contributed by atoms with Crippen LogP contribution in [0.1, 0.15) is 41.6 Å². The molecule has 11 nitrogen and oxygen atoms in total. The molecular formula is C35H23Cl2F5N2O9. The molecule has 53 heavy (non-hydrogen) atoms. The number of hydrogen-bond donors (Lipinski definition) is 3. The summed E-state index contributed by atoms with van der Waals surface area (Å²) >= 11 is 14.2.